The smallest absolute Gasteiger partial charge is 0.258 e. The molecule has 0 saturated heterocycles. The van der Waals surface area contributed by atoms with E-state index in [0.717, 1.165) is 25.2 Å². The number of pyridine rings is 1. The normalized spacial score (nSPS) is 12.1. The number of rotatable bonds is 8. The minimum absolute atomic E-state index is 0.453. The fraction of sp³-hybridized carbons (Fsp3) is 0.538. The Labute approximate surface area is 108 Å². The first kappa shape index (κ1) is 14.4. The van der Waals surface area contributed by atoms with E-state index in [1.807, 2.05) is 19.1 Å². The summed E-state index contributed by atoms with van der Waals surface area (Å²) in [5, 5.41) is 3.26. The number of hydrogen-bond donors (Lipinski definition) is 2. The zero-order valence-corrected chi connectivity index (χ0v) is 11.0. The molecular formula is C13H21N3O2. The highest BCUT2D eigenvalue weighted by molar-refractivity contribution is 5.79. The fourth-order valence-electron chi connectivity index (χ4n) is 1.49. The number of hydrogen-bond acceptors (Lipinski definition) is 4. The van der Waals surface area contributed by atoms with Crippen LogP contribution in [0.1, 0.15) is 32.4 Å². The molecular weight excluding hydrogens is 230 g/mol. The number of aromatic nitrogens is 1. The van der Waals surface area contributed by atoms with E-state index >= 15 is 0 Å². The SMILES string of the molecule is CCCNCc1ccc(OC(CC)C(N)=O)cn1. The van der Waals surface area contributed by atoms with E-state index < -0.39 is 12.0 Å². The minimum atomic E-state index is -0.587. The van der Waals surface area contributed by atoms with Crippen LogP contribution in [0.15, 0.2) is 18.3 Å². The molecule has 0 aromatic carbocycles. The predicted molar refractivity (Wildman–Crippen MR) is 70.1 cm³/mol. The van der Waals surface area contributed by atoms with E-state index in [-0.39, 0.29) is 0 Å². The Balaban J connectivity index is 2.51. The Morgan fingerprint density at radius 1 is 1.50 bits per heavy atom. The van der Waals surface area contributed by atoms with Crippen LogP contribution >= 0.6 is 0 Å². The minimum Gasteiger partial charge on any atom is -0.479 e. The van der Waals surface area contributed by atoms with Crippen molar-refractivity contribution in [3.63, 3.8) is 0 Å². The third-order valence-corrected chi connectivity index (χ3v) is 2.50. The first-order valence-corrected chi connectivity index (χ1v) is 6.29. The second-order valence-corrected chi connectivity index (χ2v) is 4.08. The lowest BCUT2D eigenvalue weighted by molar-refractivity contribution is -0.124. The van der Waals surface area contributed by atoms with Gasteiger partial charge < -0.3 is 15.8 Å². The molecule has 18 heavy (non-hydrogen) atoms. The summed E-state index contributed by atoms with van der Waals surface area (Å²) in [4.78, 5) is 15.3. The average Bonchev–Trinajstić information content (AvgIpc) is 2.37. The summed E-state index contributed by atoms with van der Waals surface area (Å²) in [6, 6.07) is 3.69. The Morgan fingerprint density at radius 2 is 2.28 bits per heavy atom. The van der Waals surface area contributed by atoms with E-state index in [0.29, 0.717) is 12.2 Å². The lowest BCUT2D eigenvalue weighted by Crippen LogP contribution is -2.33. The van der Waals surface area contributed by atoms with Crippen LogP contribution in [0.5, 0.6) is 5.75 Å². The third-order valence-electron chi connectivity index (χ3n) is 2.50. The summed E-state index contributed by atoms with van der Waals surface area (Å²) in [7, 11) is 0. The van der Waals surface area contributed by atoms with E-state index in [4.69, 9.17) is 10.5 Å². The van der Waals surface area contributed by atoms with Gasteiger partial charge in [-0.3, -0.25) is 9.78 Å². The van der Waals surface area contributed by atoms with Gasteiger partial charge in [-0.25, -0.2) is 0 Å². The molecule has 1 rings (SSSR count). The van der Waals surface area contributed by atoms with Crippen molar-refractivity contribution in [1.82, 2.24) is 10.3 Å². The maximum atomic E-state index is 11.0. The van der Waals surface area contributed by atoms with Gasteiger partial charge in [0.15, 0.2) is 6.10 Å². The molecule has 0 aliphatic carbocycles. The first-order chi connectivity index (χ1) is 8.67. The Kier molecular flexibility index (Phi) is 6.14. The van der Waals surface area contributed by atoms with Gasteiger partial charge in [-0.2, -0.15) is 0 Å². The molecule has 0 bridgehead atoms. The van der Waals surface area contributed by atoms with Crippen LogP contribution < -0.4 is 15.8 Å². The molecule has 0 radical (unpaired) electrons. The Bertz CT molecular complexity index is 365. The average molecular weight is 251 g/mol. The van der Waals surface area contributed by atoms with Gasteiger partial charge in [0, 0.05) is 6.54 Å². The predicted octanol–water partition coefficient (Wildman–Crippen LogP) is 1.22. The molecule has 0 aliphatic heterocycles. The highest BCUT2D eigenvalue weighted by Crippen LogP contribution is 2.12. The van der Waals surface area contributed by atoms with E-state index in [9.17, 15) is 4.79 Å². The first-order valence-electron chi connectivity index (χ1n) is 6.29. The molecule has 3 N–H and O–H groups in total. The second-order valence-electron chi connectivity index (χ2n) is 4.08. The van der Waals surface area contributed by atoms with Crippen molar-refractivity contribution >= 4 is 5.91 Å². The lowest BCUT2D eigenvalue weighted by Gasteiger charge is -2.13. The molecule has 1 amide bonds. The highest BCUT2D eigenvalue weighted by atomic mass is 16.5. The van der Waals surface area contributed by atoms with E-state index in [1.54, 1.807) is 6.20 Å². The van der Waals surface area contributed by atoms with Crippen molar-refractivity contribution < 1.29 is 9.53 Å². The molecule has 1 aromatic rings. The molecule has 0 aliphatic rings. The van der Waals surface area contributed by atoms with Crippen LogP contribution in [0.2, 0.25) is 0 Å². The number of nitrogens with one attached hydrogen (secondary N) is 1. The summed E-state index contributed by atoms with van der Waals surface area (Å²) in [6.07, 6.45) is 2.68. The molecule has 0 spiro atoms. The summed E-state index contributed by atoms with van der Waals surface area (Å²) in [6.45, 7) is 5.68. The number of carbonyl (C=O) groups is 1. The van der Waals surface area contributed by atoms with Gasteiger partial charge in [0.05, 0.1) is 11.9 Å². The van der Waals surface area contributed by atoms with E-state index in [2.05, 4.69) is 17.2 Å². The largest absolute Gasteiger partial charge is 0.479 e. The molecule has 5 nitrogen and oxygen atoms in total. The van der Waals surface area contributed by atoms with Crippen molar-refractivity contribution in [2.24, 2.45) is 5.73 Å². The Hall–Kier alpha value is -1.62. The fourth-order valence-corrected chi connectivity index (χ4v) is 1.49. The second kappa shape index (κ2) is 7.66. The van der Waals surface area contributed by atoms with Gasteiger partial charge in [0.1, 0.15) is 5.75 Å². The van der Waals surface area contributed by atoms with Gasteiger partial charge in [-0.05, 0) is 31.5 Å². The molecule has 100 valence electrons. The summed E-state index contributed by atoms with van der Waals surface area (Å²) in [5.74, 6) is 0.117. The monoisotopic (exact) mass is 251 g/mol. The van der Waals surface area contributed by atoms with Gasteiger partial charge in [0.25, 0.3) is 5.91 Å². The summed E-state index contributed by atoms with van der Waals surface area (Å²) < 4.78 is 5.45. The van der Waals surface area contributed by atoms with Crippen LogP contribution in [0.3, 0.4) is 0 Å². The van der Waals surface area contributed by atoms with Crippen molar-refractivity contribution in [2.45, 2.75) is 39.3 Å². The van der Waals surface area contributed by atoms with Crippen LogP contribution in [-0.2, 0) is 11.3 Å². The molecule has 0 saturated carbocycles. The summed E-state index contributed by atoms with van der Waals surface area (Å²) in [5.41, 5.74) is 6.16. The molecule has 5 heteroatoms. The number of primary amides is 1. The van der Waals surface area contributed by atoms with Gasteiger partial charge in [-0.15, -0.1) is 0 Å². The number of amides is 1. The highest BCUT2D eigenvalue weighted by Gasteiger charge is 2.14. The van der Waals surface area contributed by atoms with E-state index in [1.165, 1.54) is 0 Å². The summed E-state index contributed by atoms with van der Waals surface area (Å²) >= 11 is 0. The molecule has 1 atom stereocenters. The van der Waals surface area contributed by atoms with Crippen LogP contribution in [0, 0.1) is 0 Å². The van der Waals surface area contributed by atoms with Crippen molar-refractivity contribution in [2.75, 3.05) is 6.54 Å². The number of ether oxygens (including phenoxy) is 1. The third kappa shape index (κ3) is 4.71. The number of nitrogens with zero attached hydrogens (tertiary/aromatic N) is 1. The van der Waals surface area contributed by atoms with Crippen LogP contribution in [0.25, 0.3) is 0 Å². The quantitative estimate of drug-likeness (QED) is 0.681. The van der Waals surface area contributed by atoms with Gasteiger partial charge in [0.2, 0.25) is 0 Å². The Morgan fingerprint density at radius 3 is 2.78 bits per heavy atom. The van der Waals surface area contributed by atoms with Crippen molar-refractivity contribution in [3.05, 3.63) is 24.0 Å². The zero-order chi connectivity index (χ0) is 13.4. The van der Waals surface area contributed by atoms with Crippen molar-refractivity contribution in [3.8, 4) is 5.75 Å². The topological polar surface area (TPSA) is 77.2 Å². The van der Waals surface area contributed by atoms with Gasteiger partial charge in [-0.1, -0.05) is 13.8 Å². The molecule has 1 aromatic heterocycles. The maximum absolute atomic E-state index is 11.0. The lowest BCUT2D eigenvalue weighted by atomic mass is 10.2. The van der Waals surface area contributed by atoms with Crippen molar-refractivity contribution in [1.29, 1.82) is 0 Å². The van der Waals surface area contributed by atoms with Crippen LogP contribution in [-0.4, -0.2) is 23.5 Å². The maximum Gasteiger partial charge on any atom is 0.258 e. The number of nitrogens with two attached hydrogens (primary N) is 1. The van der Waals surface area contributed by atoms with Crippen LogP contribution in [0.4, 0.5) is 0 Å². The zero-order valence-electron chi connectivity index (χ0n) is 11.0. The van der Waals surface area contributed by atoms with Gasteiger partial charge >= 0.3 is 0 Å². The molecule has 1 unspecified atom stereocenters. The number of carbonyl (C=O) groups excluding carboxylic acids is 1. The molecule has 1 heterocycles. The molecule has 0 fully saturated rings. The standard InChI is InChI=1S/C13H21N3O2/c1-3-7-15-8-10-5-6-11(9-16-10)18-12(4-2)13(14)17/h5-6,9,12,15H,3-4,7-8H2,1-2H3,(H2,14,17).